The molecule has 0 amide bonds. The quantitative estimate of drug-likeness (QED) is 0.127. The van der Waals surface area contributed by atoms with Gasteiger partial charge in [-0.15, -0.1) is 0 Å². The van der Waals surface area contributed by atoms with Gasteiger partial charge in [0.15, 0.2) is 0 Å². The minimum atomic E-state index is -1.75. The molecule has 0 aromatic heterocycles. The largest absolute Gasteiger partial charge is 3.00 e. The molecule has 0 spiro atoms. The molecule has 0 aromatic rings. The summed E-state index contributed by atoms with van der Waals surface area (Å²) in [6, 6.07) is 0. The maximum absolute atomic E-state index is 8.25. The Morgan fingerprint density at radius 1 is 0.151 bits per heavy atom. The van der Waals surface area contributed by atoms with Gasteiger partial charge >= 0.3 is 144 Å². The van der Waals surface area contributed by atoms with Gasteiger partial charge in [0.05, 0.1) is 61.0 Å². The zero-order valence-electron chi connectivity index (χ0n) is 22.8. The van der Waals surface area contributed by atoms with E-state index in [4.69, 9.17) is 184 Å². The molecule has 0 aliphatic carbocycles. The molecule has 0 unspecified atom stereocenters. The Balaban J connectivity index is -0.0000000176. The van der Waals surface area contributed by atoms with Crippen molar-refractivity contribution < 1.29 is 136 Å². The number of nitrogens with zero attached hydrogens (tertiary/aromatic N) is 12. The molecule has 0 aromatic carbocycles. The molecule has 0 N–H and O–H groups in total. The van der Waals surface area contributed by atoms with Crippen molar-refractivity contribution in [2.45, 2.75) is 0 Å². The standard InChI is InChI=1S/2Er.3Mg.12NO3/c;;;;;12*2-1(3)4/q2*+3;3*+2;12*-1. The summed E-state index contributed by atoms with van der Waals surface area (Å²) in [5.41, 5.74) is 0. The topological polar surface area (TPSA) is 794 Å². The molecule has 0 aliphatic rings. The maximum atomic E-state index is 8.25. The fraction of sp³-hybridized carbons (Fsp3) is 0. The predicted molar refractivity (Wildman–Crippen MR) is 142 cm³/mol. The average Bonchev–Trinajstić information content (AvgIpc) is 2.61. The Hall–Kier alpha value is -4.81. The Kier molecular flexibility index (Phi) is 215. The summed E-state index contributed by atoms with van der Waals surface area (Å²) >= 11 is 0. The third-order valence-corrected chi connectivity index (χ3v) is 0. The summed E-state index contributed by atoms with van der Waals surface area (Å²) in [5.74, 6) is 0. The molecule has 0 heterocycles. The van der Waals surface area contributed by atoms with Crippen molar-refractivity contribution in [1.82, 2.24) is 0 Å². The molecule has 0 saturated heterocycles. The van der Waals surface area contributed by atoms with Gasteiger partial charge in [-0.25, -0.2) is 0 Å². The van der Waals surface area contributed by atoms with Crippen LogP contribution in [0.1, 0.15) is 0 Å². The number of hydrogen-bond donors (Lipinski definition) is 0. The van der Waals surface area contributed by atoms with Gasteiger partial charge in [-0.1, -0.05) is 0 Å². The third kappa shape index (κ3) is 4170. The van der Waals surface area contributed by atoms with Crippen molar-refractivity contribution >= 4 is 69.2 Å². The SMILES string of the molecule is O=[N+]([O-])[O-].O=[N+]([O-])[O-].O=[N+]([O-])[O-].O=[N+]([O-])[O-].O=[N+]([O-])[O-].O=[N+]([O-])[O-].O=[N+]([O-])[O-].O=[N+]([O-])[O-].O=[N+]([O-])[O-].O=[N+]([O-])[O-].O=[N+]([O-])[O-].O=[N+]([O-])[O-].[Er+3].[Er+3].[Mg+2].[Mg+2].[Mg+2]. The van der Waals surface area contributed by atoms with Crippen molar-refractivity contribution in [2.75, 3.05) is 0 Å². The van der Waals surface area contributed by atoms with E-state index in [0.717, 1.165) is 0 Å². The van der Waals surface area contributed by atoms with Crippen LogP contribution in [0.4, 0.5) is 0 Å². The Morgan fingerprint density at radius 2 is 0.151 bits per heavy atom. The smallest absolute Gasteiger partial charge is 0.356 e. The van der Waals surface area contributed by atoms with Gasteiger partial charge in [-0.2, -0.15) is 0 Å². The van der Waals surface area contributed by atoms with Crippen molar-refractivity contribution in [3.8, 4) is 0 Å². The van der Waals surface area contributed by atoms with Crippen LogP contribution in [-0.4, -0.2) is 130 Å². The molecule has 53 heteroatoms. The molecule has 53 heavy (non-hydrogen) atoms. The van der Waals surface area contributed by atoms with Gasteiger partial charge in [-0.05, 0) is 0 Å². The molecule has 48 nitrogen and oxygen atoms in total. The second-order valence-electron chi connectivity index (χ2n) is 2.68. The maximum Gasteiger partial charge on any atom is 3.00 e. The average molecular weight is 1150 g/mol. The van der Waals surface area contributed by atoms with Gasteiger partial charge in [0, 0.05) is 0 Å². The van der Waals surface area contributed by atoms with Gasteiger partial charge in [-0.3, -0.25) is 0 Å². The van der Waals surface area contributed by atoms with E-state index in [-0.39, 0.29) is 144 Å². The minimum Gasteiger partial charge on any atom is -0.356 e. The second-order valence-corrected chi connectivity index (χ2v) is 2.68. The van der Waals surface area contributed by atoms with E-state index in [0.29, 0.717) is 0 Å². The first-order valence-electron chi connectivity index (χ1n) is 6.57. The molecular weight excluding hydrogens is 1150 g/mol. The van der Waals surface area contributed by atoms with Crippen LogP contribution in [0.15, 0.2) is 0 Å². The van der Waals surface area contributed by atoms with Gasteiger partial charge in [0.25, 0.3) is 0 Å². The fourth-order valence-electron chi connectivity index (χ4n) is 0. The van der Waals surface area contributed by atoms with Crippen LogP contribution in [-0.2, 0) is 0 Å². The van der Waals surface area contributed by atoms with Crippen LogP contribution in [0.2, 0.25) is 0 Å². The first-order valence-corrected chi connectivity index (χ1v) is 6.57. The van der Waals surface area contributed by atoms with E-state index in [1.165, 1.54) is 0 Å². The Morgan fingerprint density at radius 3 is 0.151 bits per heavy atom. The van der Waals surface area contributed by atoms with E-state index in [9.17, 15) is 0 Å². The molecule has 2 radical (unpaired) electrons. The molecule has 0 bridgehead atoms. The first kappa shape index (κ1) is 110. The van der Waals surface area contributed by atoms with Crippen LogP contribution in [0.3, 0.4) is 0 Å². The van der Waals surface area contributed by atoms with E-state index in [1.54, 1.807) is 0 Å². The Labute approximate surface area is 384 Å². The number of rotatable bonds is 0. The van der Waals surface area contributed by atoms with Crippen LogP contribution >= 0.6 is 0 Å². The van der Waals surface area contributed by atoms with Crippen molar-refractivity contribution in [1.29, 1.82) is 0 Å². The van der Waals surface area contributed by atoms with E-state index in [1.807, 2.05) is 0 Å². The fourth-order valence-corrected chi connectivity index (χ4v) is 0. The second kappa shape index (κ2) is 103. The molecule has 306 valence electrons. The van der Waals surface area contributed by atoms with Crippen LogP contribution in [0.25, 0.3) is 0 Å². The zero-order chi connectivity index (χ0) is 42.9. The molecule has 0 aliphatic heterocycles. The van der Waals surface area contributed by atoms with Crippen molar-refractivity contribution in [2.24, 2.45) is 0 Å². The molecule has 0 fully saturated rings. The van der Waals surface area contributed by atoms with Gasteiger partial charge in [0.1, 0.15) is 0 Å². The summed E-state index contributed by atoms with van der Waals surface area (Å²) in [6.07, 6.45) is 0. The number of hydrogen-bond acceptors (Lipinski definition) is 36. The summed E-state index contributed by atoms with van der Waals surface area (Å²) in [5, 5.41) is 177. The minimum absolute atomic E-state index is 0. The summed E-state index contributed by atoms with van der Waals surface area (Å²) in [7, 11) is 0. The van der Waals surface area contributed by atoms with Gasteiger partial charge in [0.2, 0.25) is 0 Å². The van der Waals surface area contributed by atoms with E-state index in [2.05, 4.69) is 0 Å². The van der Waals surface area contributed by atoms with Gasteiger partial charge < -0.3 is 184 Å². The monoisotopic (exact) mass is 1150 g/mol. The predicted octanol–water partition coefficient (Wildman–Crippen LogP) is -4.01. The van der Waals surface area contributed by atoms with Crippen LogP contribution in [0.5, 0.6) is 0 Å². The molecule has 0 atom stereocenters. The zero-order valence-corrected chi connectivity index (χ0v) is 30.7. The third-order valence-electron chi connectivity index (χ3n) is 0. The normalized spacial score (nSPS) is 5.43. The van der Waals surface area contributed by atoms with E-state index >= 15 is 0 Å². The molecular formula is Er2Mg3N12O36. The summed E-state index contributed by atoms with van der Waals surface area (Å²) < 4.78 is 0. The summed E-state index contributed by atoms with van der Waals surface area (Å²) in [4.78, 5) is 99.0. The van der Waals surface area contributed by atoms with Crippen molar-refractivity contribution in [3.05, 3.63) is 184 Å². The van der Waals surface area contributed by atoms with E-state index < -0.39 is 61.0 Å². The molecule has 0 saturated carbocycles. The summed E-state index contributed by atoms with van der Waals surface area (Å²) in [6.45, 7) is 0. The first-order chi connectivity index (χ1) is 20.8. The van der Waals surface area contributed by atoms with Crippen LogP contribution in [0, 0.1) is 258 Å². The Bertz CT molecular complexity index is 602. The van der Waals surface area contributed by atoms with Crippen LogP contribution < -0.4 is 0 Å². The molecule has 0 rings (SSSR count). The van der Waals surface area contributed by atoms with Crippen molar-refractivity contribution in [3.63, 3.8) is 0 Å².